The summed E-state index contributed by atoms with van der Waals surface area (Å²) in [7, 11) is 0. The summed E-state index contributed by atoms with van der Waals surface area (Å²) in [6.45, 7) is 6.69. The summed E-state index contributed by atoms with van der Waals surface area (Å²) >= 11 is 1.71. The quantitative estimate of drug-likeness (QED) is 0.653. The van der Waals surface area contributed by atoms with E-state index in [-0.39, 0.29) is 11.5 Å². The van der Waals surface area contributed by atoms with E-state index in [0.29, 0.717) is 0 Å². The zero-order chi connectivity index (χ0) is 14.6. The molecule has 2 aromatic rings. The van der Waals surface area contributed by atoms with Crippen molar-refractivity contribution in [3.05, 3.63) is 40.7 Å². The van der Waals surface area contributed by atoms with Crippen LogP contribution in [0.3, 0.4) is 0 Å². The Morgan fingerprint density at radius 3 is 2.55 bits per heavy atom. The van der Waals surface area contributed by atoms with Crippen LogP contribution in [0.1, 0.15) is 32.2 Å². The molecule has 0 saturated heterocycles. The minimum Gasteiger partial charge on any atom is -0.271 e. The average molecular weight is 289 g/mol. The van der Waals surface area contributed by atoms with Gasteiger partial charge < -0.3 is 0 Å². The summed E-state index contributed by atoms with van der Waals surface area (Å²) in [6.07, 6.45) is 1.91. The molecule has 0 bridgehead atoms. The van der Waals surface area contributed by atoms with Gasteiger partial charge in [-0.05, 0) is 11.8 Å². The molecule has 1 unspecified atom stereocenters. The lowest BCUT2D eigenvalue weighted by Gasteiger charge is -2.24. The van der Waals surface area contributed by atoms with E-state index in [9.17, 15) is 0 Å². The molecule has 1 aromatic carbocycles. The number of benzene rings is 1. The van der Waals surface area contributed by atoms with Gasteiger partial charge in [0.1, 0.15) is 0 Å². The number of hydrogen-bond donors (Lipinski definition) is 2. The first-order chi connectivity index (χ1) is 9.48. The first-order valence-corrected chi connectivity index (χ1v) is 7.82. The molecular weight excluding hydrogens is 266 g/mol. The lowest BCUT2D eigenvalue weighted by molar-refractivity contribution is 0.308. The number of thiazole rings is 1. The van der Waals surface area contributed by atoms with E-state index >= 15 is 0 Å². The highest BCUT2D eigenvalue weighted by atomic mass is 32.1. The SMILES string of the molecule is CC(C)(C)CC(Cc1nc(-c2ccccc2)cs1)NN. The van der Waals surface area contributed by atoms with Crippen LogP contribution in [0.2, 0.25) is 0 Å². The van der Waals surface area contributed by atoms with E-state index in [2.05, 4.69) is 43.7 Å². The van der Waals surface area contributed by atoms with Crippen molar-refractivity contribution in [3.8, 4) is 11.3 Å². The van der Waals surface area contributed by atoms with E-state index < -0.39 is 0 Å². The number of nitrogens with one attached hydrogen (secondary N) is 1. The fraction of sp³-hybridized carbons (Fsp3) is 0.438. The molecule has 2 rings (SSSR count). The fourth-order valence-electron chi connectivity index (χ4n) is 2.29. The number of nitrogens with zero attached hydrogens (tertiary/aromatic N) is 1. The molecule has 3 N–H and O–H groups in total. The molecule has 0 aliphatic heterocycles. The highest BCUT2D eigenvalue weighted by molar-refractivity contribution is 7.09. The van der Waals surface area contributed by atoms with E-state index in [1.165, 1.54) is 5.56 Å². The van der Waals surface area contributed by atoms with Crippen LogP contribution in [-0.2, 0) is 6.42 Å². The maximum absolute atomic E-state index is 5.67. The van der Waals surface area contributed by atoms with Gasteiger partial charge in [0.25, 0.3) is 0 Å². The highest BCUT2D eigenvalue weighted by Crippen LogP contribution is 2.25. The predicted molar refractivity (Wildman–Crippen MR) is 86.4 cm³/mol. The van der Waals surface area contributed by atoms with Crippen molar-refractivity contribution in [2.75, 3.05) is 0 Å². The van der Waals surface area contributed by atoms with Crippen molar-refractivity contribution >= 4 is 11.3 Å². The normalized spacial score (nSPS) is 13.4. The second-order valence-corrected chi connectivity index (χ2v) is 7.27. The first-order valence-electron chi connectivity index (χ1n) is 6.94. The maximum Gasteiger partial charge on any atom is 0.0948 e. The summed E-state index contributed by atoms with van der Waals surface area (Å²) in [4.78, 5) is 4.72. The number of hydrazine groups is 1. The van der Waals surface area contributed by atoms with Gasteiger partial charge in [-0.3, -0.25) is 11.3 Å². The molecule has 4 heteroatoms. The van der Waals surface area contributed by atoms with Gasteiger partial charge in [-0.1, -0.05) is 51.1 Å². The molecule has 0 aliphatic rings. The zero-order valence-corrected chi connectivity index (χ0v) is 13.2. The molecule has 20 heavy (non-hydrogen) atoms. The average Bonchev–Trinajstić information content (AvgIpc) is 2.86. The van der Waals surface area contributed by atoms with Crippen LogP contribution in [0.4, 0.5) is 0 Å². The van der Waals surface area contributed by atoms with Crippen LogP contribution in [0.5, 0.6) is 0 Å². The largest absolute Gasteiger partial charge is 0.271 e. The lowest BCUT2D eigenvalue weighted by atomic mass is 9.87. The topological polar surface area (TPSA) is 50.9 Å². The standard InChI is InChI=1S/C16H23N3S/c1-16(2,3)10-13(19-17)9-15-18-14(11-20-15)12-7-5-4-6-8-12/h4-8,11,13,19H,9-10,17H2,1-3H3. The number of nitrogens with two attached hydrogens (primary N) is 1. The van der Waals surface area contributed by atoms with Crippen molar-refractivity contribution in [1.29, 1.82) is 0 Å². The van der Waals surface area contributed by atoms with E-state index in [1.807, 2.05) is 18.2 Å². The van der Waals surface area contributed by atoms with Crippen LogP contribution >= 0.6 is 11.3 Å². The summed E-state index contributed by atoms with van der Waals surface area (Å²) in [6, 6.07) is 10.6. The van der Waals surface area contributed by atoms with Gasteiger partial charge in [0.15, 0.2) is 0 Å². The Labute approximate surface area is 125 Å². The number of hydrogen-bond acceptors (Lipinski definition) is 4. The Kier molecular flexibility index (Phi) is 4.91. The monoisotopic (exact) mass is 289 g/mol. The smallest absolute Gasteiger partial charge is 0.0948 e. The molecule has 0 radical (unpaired) electrons. The predicted octanol–water partition coefficient (Wildman–Crippen LogP) is 3.62. The molecule has 108 valence electrons. The van der Waals surface area contributed by atoms with Gasteiger partial charge >= 0.3 is 0 Å². The Morgan fingerprint density at radius 2 is 1.95 bits per heavy atom. The van der Waals surface area contributed by atoms with Crippen molar-refractivity contribution < 1.29 is 0 Å². The third kappa shape index (κ3) is 4.40. The van der Waals surface area contributed by atoms with Gasteiger partial charge in [-0.15, -0.1) is 11.3 Å². The number of rotatable bonds is 5. The van der Waals surface area contributed by atoms with Crippen LogP contribution < -0.4 is 11.3 Å². The molecule has 0 fully saturated rings. The van der Waals surface area contributed by atoms with E-state index in [4.69, 9.17) is 10.8 Å². The third-order valence-corrected chi connectivity index (χ3v) is 4.01. The number of aromatic nitrogens is 1. The van der Waals surface area contributed by atoms with Gasteiger partial charge in [0, 0.05) is 23.4 Å². The van der Waals surface area contributed by atoms with Gasteiger partial charge in [-0.2, -0.15) is 0 Å². The summed E-state index contributed by atoms with van der Waals surface area (Å²) in [5.74, 6) is 5.67. The zero-order valence-electron chi connectivity index (χ0n) is 12.4. The van der Waals surface area contributed by atoms with Gasteiger partial charge in [0.2, 0.25) is 0 Å². The van der Waals surface area contributed by atoms with Crippen molar-refractivity contribution in [2.45, 2.75) is 39.7 Å². The molecule has 0 amide bonds. The molecular formula is C16H23N3S. The van der Waals surface area contributed by atoms with E-state index in [1.54, 1.807) is 11.3 Å². The third-order valence-electron chi connectivity index (χ3n) is 3.14. The molecule has 0 spiro atoms. The summed E-state index contributed by atoms with van der Waals surface area (Å²) in [5, 5.41) is 3.26. The Hall–Kier alpha value is -1.23. The van der Waals surface area contributed by atoms with Gasteiger partial charge in [-0.25, -0.2) is 4.98 Å². The molecule has 1 heterocycles. The Morgan fingerprint density at radius 1 is 1.25 bits per heavy atom. The lowest BCUT2D eigenvalue weighted by Crippen LogP contribution is -2.39. The Balaban J connectivity index is 2.05. The molecule has 0 saturated carbocycles. The van der Waals surface area contributed by atoms with Crippen LogP contribution in [0.15, 0.2) is 35.7 Å². The maximum atomic E-state index is 5.67. The van der Waals surface area contributed by atoms with Crippen LogP contribution in [0.25, 0.3) is 11.3 Å². The summed E-state index contributed by atoms with van der Waals surface area (Å²) < 4.78 is 0. The summed E-state index contributed by atoms with van der Waals surface area (Å²) in [5.41, 5.74) is 5.41. The minimum atomic E-state index is 0.260. The molecule has 1 aromatic heterocycles. The van der Waals surface area contributed by atoms with Crippen molar-refractivity contribution in [1.82, 2.24) is 10.4 Å². The van der Waals surface area contributed by atoms with Crippen LogP contribution in [-0.4, -0.2) is 11.0 Å². The molecule has 0 aliphatic carbocycles. The first kappa shape index (κ1) is 15.2. The highest BCUT2D eigenvalue weighted by Gasteiger charge is 2.19. The Bertz CT molecular complexity index is 528. The second-order valence-electron chi connectivity index (χ2n) is 6.33. The van der Waals surface area contributed by atoms with E-state index in [0.717, 1.165) is 23.5 Å². The fourth-order valence-corrected chi connectivity index (χ4v) is 3.17. The van der Waals surface area contributed by atoms with Crippen molar-refractivity contribution in [3.63, 3.8) is 0 Å². The second kappa shape index (κ2) is 6.48. The molecule has 3 nitrogen and oxygen atoms in total. The van der Waals surface area contributed by atoms with Gasteiger partial charge in [0.05, 0.1) is 10.7 Å². The van der Waals surface area contributed by atoms with Crippen molar-refractivity contribution in [2.24, 2.45) is 11.3 Å². The van der Waals surface area contributed by atoms with Crippen LogP contribution in [0, 0.1) is 5.41 Å². The minimum absolute atomic E-state index is 0.260. The molecule has 1 atom stereocenters.